The highest BCUT2D eigenvalue weighted by Crippen LogP contribution is 2.05. The zero-order chi connectivity index (χ0) is 15.8. The molecule has 0 saturated carbocycles. The molecule has 0 spiro atoms. The van der Waals surface area contributed by atoms with Crippen LogP contribution in [-0.2, 0) is 6.54 Å². The standard InChI is InChI=1S/C15H28N4O2/c1-11(10-19-14(4)8-13(3)18-19)9-16-15(21)17-12(2)6-5-7-20/h8,11-12,20H,5-7,9-10H2,1-4H3,(H2,16,17,21). The van der Waals surface area contributed by atoms with Crippen LogP contribution in [0.4, 0.5) is 4.79 Å². The Morgan fingerprint density at radius 3 is 2.71 bits per heavy atom. The maximum absolute atomic E-state index is 11.7. The third-order valence-corrected chi connectivity index (χ3v) is 3.37. The molecule has 0 saturated heterocycles. The van der Waals surface area contributed by atoms with Crippen molar-refractivity contribution in [3.63, 3.8) is 0 Å². The number of amides is 2. The van der Waals surface area contributed by atoms with E-state index >= 15 is 0 Å². The van der Waals surface area contributed by atoms with E-state index in [9.17, 15) is 4.79 Å². The second kappa shape index (κ2) is 8.67. The zero-order valence-corrected chi connectivity index (χ0v) is 13.5. The average Bonchev–Trinajstić information content (AvgIpc) is 2.72. The van der Waals surface area contributed by atoms with Crippen molar-refractivity contribution in [3.05, 3.63) is 17.5 Å². The van der Waals surface area contributed by atoms with Gasteiger partial charge in [0.15, 0.2) is 0 Å². The smallest absolute Gasteiger partial charge is 0.315 e. The molecule has 2 unspecified atom stereocenters. The predicted octanol–water partition coefficient (Wildman–Crippen LogP) is 1.60. The first-order chi connectivity index (χ1) is 9.92. The quantitative estimate of drug-likeness (QED) is 0.681. The van der Waals surface area contributed by atoms with E-state index in [2.05, 4.69) is 28.7 Å². The molecule has 120 valence electrons. The lowest BCUT2D eigenvalue weighted by atomic mass is 10.2. The number of aryl methyl sites for hydroxylation is 2. The number of carbonyl (C=O) groups excluding carboxylic acids is 1. The summed E-state index contributed by atoms with van der Waals surface area (Å²) in [6.45, 7) is 9.61. The van der Waals surface area contributed by atoms with E-state index in [1.807, 2.05) is 25.5 Å². The largest absolute Gasteiger partial charge is 0.396 e. The van der Waals surface area contributed by atoms with E-state index in [1.54, 1.807) is 0 Å². The average molecular weight is 296 g/mol. The highest BCUT2D eigenvalue weighted by Gasteiger charge is 2.10. The molecule has 1 aromatic heterocycles. The van der Waals surface area contributed by atoms with Gasteiger partial charge < -0.3 is 15.7 Å². The zero-order valence-electron chi connectivity index (χ0n) is 13.5. The summed E-state index contributed by atoms with van der Waals surface area (Å²) < 4.78 is 1.98. The fourth-order valence-electron chi connectivity index (χ4n) is 2.23. The molecule has 0 bridgehead atoms. The molecule has 21 heavy (non-hydrogen) atoms. The fraction of sp³-hybridized carbons (Fsp3) is 0.733. The van der Waals surface area contributed by atoms with Gasteiger partial charge in [-0.2, -0.15) is 5.10 Å². The maximum atomic E-state index is 11.7. The Morgan fingerprint density at radius 2 is 2.14 bits per heavy atom. The van der Waals surface area contributed by atoms with Crippen LogP contribution < -0.4 is 10.6 Å². The van der Waals surface area contributed by atoms with Crippen LogP contribution >= 0.6 is 0 Å². The SMILES string of the molecule is Cc1cc(C)n(CC(C)CNC(=O)NC(C)CCCO)n1. The third-order valence-electron chi connectivity index (χ3n) is 3.37. The van der Waals surface area contributed by atoms with Crippen LogP contribution in [0.2, 0.25) is 0 Å². The van der Waals surface area contributed by atoms with Crippen molar-refractivity contribution in [2.75, 3.05) is 13.2 Å². The Morgan fingerprint density at radius 1 is 1.43 bits per heavy atom. The number of aromatic nitrogens is 2. The van der Waals surface area contributed by atoms with E-state index in [4.69, 9.17) is 5.11 Å². The highest BCUT2D eigenvalue weighted by atomic mass is 16.3. The van der Waals surface area contributed by atoms with Gasteiger partial charge in [0, 0.05) is 31.4 Å². The van der Waals surface area contributed by atoms with Crippen LogP contribution in [0.3, 0.4) is 0 Å². The minimum absolute atomic E-state index is 0.0727. The van der Waals surface area contributed by atoms with E-state index < -0.39 is 0 Å². The summed E-state index contributed by atoms with van der Waals surface area (Å²) in [5.74, 6) is 0.307. The minimum atomic E-state index is -0.152. The summed E-state index contributed by atoms with van der Waals surface area (Å²) in [6.07, 6.45) is 1.49. The number of nitrogens with one attached hydrogen (secondary N) is 2. The van der Waals surface area contributed by atoms with Crippen LogP contribution in [0.15, 0.2) is 6.07 Å². The molecule has 0 radical (unpaired) electrons. The van der Waals surface area contributed by atoms with Crippen LogP contribution in [0.5, 0.6) is 0 Å². The monoisotopic (exact) mass is 296 g/mol. The van der Waals surface area contributed by atoms with E-state index in [1.165, 1.54) is 0 Å². The molecule has 2 atom stereocenters. The number of aliphatic hydroxyl groups excluding tert-OH is 1. The van der Waals surface area contributed by atoms with Crippen molar-refractivity contribution >= 4 is 6.03 Å². The minimum Gasteiger partial charge on any atom is -0.396 e. The van der Waals surface area contributed by atoms with Crippen molar-refractivity contribution in [1.82, 2.24) is 20.4 Å². The predicted molar refractivity (Wildman–Crippen MR) is 83.2 cm³/mol. The van der Waals surface area contributed by atoms with Crippen molar-refractivity contribution in [2.45, 2.75) is 53.1 Å². The summed E-state index contributed by atoms with van der Waals surface area (Å²) in [6, 6.07) is 1.97. The van der Waals surface area contributed by atoms with E-state index in [-0.39, 0.29) is 18.7 Å². The topological polar surface area (TPSA) is 79.2 Å². The Hall–Kier alpha value is -1.56. The summed E-state index contributed by atoms with van der Waals surface area (Å²) in [5.41, 5.74) is 2.16. The van der Waals surface area contributed by atoms with Crippen LogP contribution in [0.1, 0.15) is 38.1 Å². The molecule has 0 aliphatic rings. The molecule has 3 N–H and O–H groups in total. The third kappa shape index (κ3) is 6.62. The number of urea groups is 1. The molecule has 1 heterocycles. The molecule has 0 fully saturated rings. The van der Waals surface area contributed by atoms with Gasteiger partial charge in [-0.05, 0) is 45.6 Å². The van der Waals surface area contributed by atoms with Gasteiger partial charge in [0.25, 0.3) is 0 Å². The van der Waals surface area contributed by atoms with E-state index in [0.29, 0.717) is 18.9 Å². The molecule has 0 aromatic carbocycles. The molecule has 1 aromatic rings. The Bertz CT molecular complexity index is 445. The van der Waals surface area contributed by atoms with Crippen LogP contribution in [0, 0.1) is 19.8 Å². The fourth-order valence-corrected chi connectivity index (χ4v) is 2.23. The number of hydrogen-bond donors (Lipinski definition) is 3. The summed E-state index contributed by atoms with van der Waals surface area (Å²) in [4.78, 5) is 11.7. The van der Waals surface area contributed by atoms with Gasteiger partial charge in [-0.15, -0.1) is 0 Å². The molecule has 1 rings (SSSR count). The Kier molecular flexibility index (Phi) is 7.22. The molecule has 6 heteroatoms. The lowest BCUT2D eigenvalue weighted by Gasteiger charge is -2.17. The van der Waals surface area contributed by atoms with Gasteiger partial charge in [-0.3, -0.25) is 4.68 Å². The van der Waals surface area contributed by atoms with Crippen LogP contribution in [-0.4, -0.2) is 40.1 Å². The Balaban J connectivity index is 2.27. The summed E-state index contributed by atoms with van der Waals surface area (Å²) in [7, 11) is 0. The van der Waals surface area contributed by atoms with Gasteiger partial charge in [0.05, 0.1) is 5.69 Å². The van der Waals surface area contributed by atoms with Gasteiger partial charge in [-0.25, -0.2) is 4.79 Å². The van der Waals surface area contributed by atoms with Gasteiger partial charge >= 0.3 is 6.03 Å². The number of carbonyl (C=O) groups is 1. The number of aliphatic hydroxyl groups is 1. The summed E-state index contributed by atoms with van der Waals surface area (Å²) >= 11 is 0. The molecule has 0 aliphatic heterocycles. The number of hydrogen-bond acceptors (Lipinski definition) is 3. The highest BCUT2D eigenvalue weighted by molar-refractivity contribution is 5.74. The second-order valence-electron chi connectivity index (χ2n) is 5.84. The maximum Gasteiger partial charge on any atom is 0.315 e. The molecular weight excluding hydrogens is 268 g/mol. The van der Waals surface area contributed by atoms with Crippen LogP contribution in [0.25, 0.3) is 0 Å². The lowest BCUT2D eigenvalue weighted by Crippen LogP contribution is -2.42. The lowest BCUT2D eigenvalue weighted by molar-refractivity contribution is 0.232. The first-order valence-corrected chi connectivity index (χ1v) is 7.58. The van der Waals surface area contributed by atoms with Crippen molar-refractivity contribution in [1.29, 1.82) is 0 Å². The first-order valence-electron chi connectivity index (χ1n) is 7.58. The molecule has 6 nitrogen and oxygen atoms in total. The van der Waals surface area contributed by atoms with Crippen molar-refractivity contribution < 1.29 is 9.90 Å². The number of nitrogens with zero attached hydrogens (tertiary/aromatic N) is 2. The van der Waals surface area contributed by atoms with E-state index in [0.717, 1.165) is 24.4 Å². The van der Waals surface area contributed by atoms with Gasteiger partial charge in [0.1, 0.15) is 0 Å². The number of rotatable bonds is 8. The normalized spacial score (nSPS) is 13.8. The molecule has 2 amide bonds. The molecular formula is C15H28N4O2. The van der Waals surface area contributed by atoms with Gasteiger partial charge in [0.2, 0.25) is 0 Å². The summed E-state index contributed by atoms with van der Waals surface area (Å²) in [5, 5.41) is 18.9. The van der Waals surface area contributed by atoms with Crippen molar-refractivity contribution in [2.24, 2.45) is 5.92 Å². The molecule has 0 aliphatic carbocycles. The Labute approximate surface area is 126 Å². The second-order valence-corrected chi connectivity index (χ2v) is 5.84. The first kappa shape index (κ1) is 17.5. The van der Waals surface area contributed by atoms with Gasteiger partial charge in [-0.1, -0.05) is 6.92 Å². The van der Waals surface area contributed by atoms with Crippen molar-refractivity contribution in [3.8, 4) is 0 Å².